The van der Waals surface area contributed by atoms with Crippen molar-refractivity contribution in [2.45, 2.75) is 6.54 Å². The Morgan fingerprint density at radius 3 is 2.67 bits per heavy atom. The molecule has 1 amide bonds. The van der Waals surface area contributed by atoms with Crippen molar-refractivity contribution < 1.29 is 9.53 Å². The first-order valence-electron chi connectivity index (χ1n) is 8.87. The smallest absolute Gasteiger partial charge is 0.238 e. The maximum atomic E-state index is 12.4. The van der Waals surface area contributed by atoms with Gasteiger partial charge in [0.25, 0.3) is 0 Å². The molecule has 1 saturated heterocycles. The molecule has 1 aliphatic rings. The molecular formula is C20H23Cl2N3O2. The van der Waals surface area contributed by atoms with Crippen LogP contribution in [0.15, 0.2) is 42.5 Å². The molecule has 0 spiro atoms. The van der Waals surface area contributed by atoms with E-state index in [1.54, 1.807) is 18.2 Å². The highest BCUT2D eigenvalue weighted by molar-refractivity contribution is 6.44. The number of anilines is 2. The van der Waals surface area contributed by atoms with Gasteiger partial charge in [0.15, 0.2) is 0 Å². The van der Waals surface area contributed by atoms with Crippen LogP contribution in [-0.4, -0.2) is 50.7 Å². The number of rotatable bonds is 6. The van der Waals surface area contributed by atoms with Gasteiger partial charge in [-0.1, -0.05) is 47.5 Å². The van der Waals surface area contributed by atoms with E-state index in [-0.39, 0.29) is 12.5 Å². The van der Waals surface area contributed by atoms with Crippen LogP contribution in [0, 0.1) is 0 Å². The summed E-state index contributed by atoms with van der Waals surface area (Å²) < 4.78 is 5.44. The molecule has 0 atom stereocenters. The summed E-state index contributed by atoms with van der Waals surface area (Å²) in [4.78, 5) is 16.7. The van der Waals surface area contributed by atoms with Crippen molar-refractivity contribution in [1.82, 2.24) is 4.90 Å². The average Bonchev–Trinajstić information content (AvgIpc) is 2.66. The van der Waals surface area contributed by atoms with Gasteiger partial charge >= 0.3 is 0 Å². The second kappa shape index (κ2) is 9.42. The largest absolute Gasteiger partial charge is 0.378 e. The third kappa shape index (κ3) is 5.36. The van der Waals surface area contributed by atoms with Gasteiger partial charge in [-0.3, -0.25) is 9.69 Å². The van der Waals surface area contributed by atoms with Crippen molar-refractivity contribution in [2.75, 3.05) is 50.1 Å². The third-order valence-corrected chi connectivity index (χ3v) is 5.24. The Kier molecular flexibility index (Phi) is 6.96. The second-order valence-electron chi connectivity index (χ2n) is 6.55. The topological polar surface area (TPSA) is 44.8 Å². The predicted molar refractivity (Wildman–Crippen MR) is 111 cm³/mol. The number of carbonyl (C=O) groups is 1. The van der Waals surface area contributed by atoms with Crippen molar-refractivity contribution >= 4 is 40.5 Å². The van der Waals surface area contributed by atoms with E-state index >= 15 is 0 Å². The quantitative estimate of drug-likeness (QED) is 0.788. The third-order valence-electron chi connectivity index (χ3n) is 4.42. The van der Waals surface area contributed by atoms with Gasteiger partial charge in [0, 0.05) is 25.3 Å². The highest BCUT2D eigenvalue weighted by Gasteiger charge is 2.16. The average molecular weight is 408 g/mol. The Balaban J connectivity index is 1.61. The first-order valence-corrected chi connectivity index (χ1v) is 9.63. The standard InChI is InChI=1S/C20H23Cl2N3O2/c1-24(14-19(26)23-17-7-4-6-16(21)20(17)22)13-15-5-2-3-8-18(15)25-9-11-27-12-10-25/h2-8H,9-14H2,1H3,(H,23,26). The Hall–Kier alpha value is -1.79. The summed E-state index contributed by atoms with van der Waals surface area (Å²) in [6.45, 7) is 4.17. The molecule has 1 N–H and O–H groups in total. The number of hydrogen-bond donors (Lipinski definition) is 1. The van der Waals surface area contributed by atoms with Crippen molar-refractivity contribution in [3.8, 4) is 0 Å². The van der Waals surface area contributed by atoms with E-state index in [0.29, 0.717) is 22.3 Å². The molecule has 0 unspecified atom stereocenters. The van der Waals surface area contributed by atoms with E-state index in [9.17, 15) is 4.79 Å². The van der Waals surface area contributed by atoms with Crippen molar-refractivity contribution in [3.63, 3.8) is 0 Å². The molecule has 0 radical (unpaired) electrons. The van der Waals surface area contributed by atoms with E-state index < -0.39 is 0 Å². The fourth-order valence-corrected chi connectivity index (χ4v) is 3.49. The van der Waals surface area contributed by atoms with Crippen molar-refractivity contribution in [3.05, 3.63) is 58.1 Å². The molecule has 0 bridgehead atoms. The van der Waals surface area contributed by atoms with E-state index in [2.05, 4.69) is 22.3 Å². The molecule has 27 heavy (non-hydrogen) atoms. The number of halogens is 2. The highest BCUT2D eigenvalue weighted by atomic mass is 35.5. The minimum absolute atomic E-state index is 0.134. The molecule has 3 rings (SSSR count). The summed E-state index contributed by atoms with van der Waals surface area (Å²) in [6, 6.07) is 13.5. The van der Waals surface area contributed by atoms with Crippen LogP contribution < -0.4 is 10.2 Å². The first-order chi connectivity index (χ1) is 13.0. The molecule has 5 nitrogen and oxygen atoms in total. The monoisotopic (exact) mass is 407 g/mol. The summed E-state index contributed by atoms with van der Waals surface area (Å²) >= 11 is 12.1. The second-order valence-corrected chi connectivity index (χ2v) is 7.34. The summed E-state index contributed by atoms with van der Waals surface area (Å²) in [7, 11) is 1.93. The van der Waals surface area contributed by atoms with Gasteiger partial charge in [-0.05, 0) is 30.8 Å². The molecule has 0 saturated carbocycles. The summed E-state index contributed by atoms with van der Waals surface area (Å²) in [5.74, 6) is -0.134. The van der Waals surface area contributed by atoms with Gasteiger partial charge in [0.05, 0.1) is 35.5 Å². The molecule has 0 aromatic heterocycles. The molecule has 7 heteroatoms. The molecule has 2 aromatic carbocycles. The van der Waals surface area contributed by atoms with Crippen LogP contribution in [0.25, 0.3) is 0 Å². The minimum atomic E-state index is -0.134. The van der Waals surface area contributed by atoms with E-state index in [0.717, 1.165) is 26.3 Å². The van der Waals surface area contributed by atoms with Crippen LogP contribution in [0.2, 0.25) is 10.0 Å². The fraction of sp³-hybridized carbons (Fsp3) is 0.350. The van der Waals surface area contributed by atoms with E-state index in [1.165, 1.54) is 11.3 Å². The van der Waals surface area contributed by atoms with Gasteiger partial charge in [0.1, 0.15) is 0 Å². The SMILES string of the molecule is CN(CC(=O)Nc1cccc(Cl)c1Cl)Cc1ccccc1N1CCOCC1. The van der Waals surface area contributed by atoms with Gasteiger partial charge < -0.3 is 15.0 Å². The normalized spacial score (nSPS) is 14.4. The van der Waals surface area contributed by atoms with Crippen LogP contribution in [0.5, 0.6) is 0 Å². The van der Waals surface area contributed by atoms with Crippen LogP contribution in [0.3, 0.4) is 0 Å². The number of amides is 1. The zero-order valence-electron chi connectivity index (χ0n) is 15.3. The van der Waals surface area contributed by atoms with Crippen LogP contribution >= 0.6 is 23.2 Å². The van der Waals surface area contributed by atoms with Gasteiger partial charge in [-0.2, -0.15) is 0 Å². The van der Waals surface area contributed by atoms with E-state index in [4.69, 9.17) is 27.9 Å². The van der Waals surface area contributed by atoms with Gasteiger partial charge in [0.2, 0.25) is 5.91 Å². The Bertz CT molecular complexity index is 795. The first kappa shape index (κ1) is 20.0. The molecule has 144 valence electrons. The van der Waals surface area contributed by atoms with Crippen molar-refractivity contribution in [2.24, 2.45) is 0 Å². The lowest BCUT2D eigenvalue weighted by Gasteiger charge is -2.31. The Labute approximate surface area is 169 Å². The van der Waals surface area contributed by atoms with Crippen LogP contribution in [0.1, 0.15) is 5.56 Å². The molecular weight excluding hydrogens is 385 g/mol. The lowest BCUT2D eigenvalue weighted by molar-refractivity contribution is -0.117. The minimum Gasteiger partial charge on any atom is -0.378 e. The van der Waals surface area contributed by atoms with Crippen LogP contribution in [0.4, 0.5) is 11.4 Å². The molecule has 2 aromatic rings. The summed E-state index contributed by atoms with van der Waals surface area (Å²) in [5.41, 5.74) is 2.91. The number of para-hydroxylation sites is 1. The zero-order chi connectivity index (χ0) is 19.2. The lowest BCUT2D eigenvalue weighted by Crippen LogP contribution is -2.37. The fourth-order valence-electron chi connectivity index (χ4n) is 3.14. The molecule has 1 aliphatic heterocycles. The lowest BCUT2D eigenvalue weighted by atomic mass is 10.1. The van der Waals surface area contributed by atoms with Gasteiger partial charge in [-0.25, -0.2) is 0 Å². The molecule has 0 aliphatic carbocycles. The van der Waals surface area contributed by atoms with Gasteiger partial charge in [-0.15, -0.1) is 0 Å². The number of hydrogen-bond acceptors (Lipinski definition) is 4. The maximum Gasteiger partial charge on any atom is 0.238 e. The number of nitrogens with zero attached hydrogens (tertiary/aromatic N) is 2. The number of carbonyl (C=O) groups excluding carboxylic acids is 1. The maximum absolute atomic E-state index is 12.4. The zero-order valence-corrected chi connectivity index (χ0v) is 16.8. The highest BCUT2D eigenvalue weighted by Crippen LogP contribution is 2.29. The number of nitrogens with one attached hydrogen (secondary N) is 1. The number of benzene rings is 2. The Morgan fingerprint density at radius 1 is 1.15 bits per heavy atom. The van der Waals surface area contributed by atoms with E-state index in [1.807, 2.05) is 24.1 Å². The van der Waals surface area contributed by atoms with Crippen molar-refractivity contribution in [1.29, 1.82) is 0 Å². The summed E-state index contributed by atoms with van der Waals surface area (Å²) in [6.07, 6.45) is 0. The molecule has 1 fully saturated rings. The Morgan fingerprint density at radius 2 is 1.89 bits per heavy atom. The molecule has 1 heterocycles. The number of ether oxygens (including phenoxy) is 1. The number of morpholine rings is 1. The number of likely N-dealkylation sites (N-methyl/N-ethyl adjacent to an activating group) is 1. The van der Waals surface area contributed by atoms with Crippen LogP contribution in [-0.2, 0) is 16.1 Å². The summed E-state index contributed by atoms with van der Waals surface area (Å²) in [5, 5.41) is 3.60. The predicted octanol–water partition coefficient (Wildman–Crippen LogP) is 3.90.